The molecule has 0 aromatic carbocycles. The molecule has 1 saturated heterocycles. The third kappa shape index (κ3) is 3.00. The Morgan fingerprint density at radius 3 is 2.93 bits per heavy atom. The summed E-state index contributed by atoms with van der Waals surface area (Å²) >= 11 is 1.70. The zero-order valence-corrected chi connectivity index (χ0v) is 9.93. The van der Waals surface area contributed by atoms with Gasteiger partial charge in [0.15, 0.2) is 0 Å². The Labute approximate surface area is 94.7 Å². The van der Waals surface area contributed by atoms with Crippen LogP contribution < -0.4 is 5.73 Å². The minimum absolute atomic E-state index is 0.246. The molecule has 0 spiro atoms. The van der Waals surface area contributed by atoms with Crippen LogP contribution in [0.4, 0.5) is 0 Å². The van der Waals surface area contributed by atoms with Crippen molar-refractivity contribution in [3.63, 3.8) is 0 Å². The lowest BCUT2D eigenvalue weighted by Gasteiger charge is -2.27. The lowest BCUT2D eigenvalue weighted by atomic mass is 9.90. The molecule has 2 rings (SSSR count). The highest BCUT2D eigenvalue weighted by Crippen LogP contribution is 2.20. The Bertz CT molecular complexity index is 307. The molecule has 1 aliphatic heterocycles. The van der Waals surface area contributed by atoms with E-state index in [0.717, 1.165) is 43.2 Å². The maximum absolute atomic E-state index is 6.20. The molecule has 84 valence electrons. The van der Waals surface area contributed by atoms with Crippen LogP contribution in [-0.2, 0) is 11.2 Å². The van der Waals surface area contributed by atoms with E-state index in [1.54, 1.807) is 11.3 Å². The first-order valence-corrected chi connectivity index (χ1v) is 6.38. The van der Waals surface area contributed by atoms with Gasteiger partial charge in [0, 0.05) is 31.1 Å². The topological polar surface area (TPSA) is 48.1 Å². The van der Waals surface area contributed by atoms with Crippen LogP contribution in [0.15, 0.2) is 5.38 Å². The van der Waals surface area contributed by atoms with E-state index in [1.165, 1.54) is 0 Å². The minimum Gasteiger partial charge on any atom is -0.381 e. The Kier molecular flexibility index (Phi) is 3.72. The van der Waals surface area contributed by atoms with E-state index in [1.807, 2.05) is 6.92 Å². The van der Waals surface area contributed by atoms with Crippen LogP contribution >= 0.6 is 11.3 Å². The molecule has 2 N–H and O–H groups in total. The molecular weight excluding hydrogens is 208 g/mol. The quantitative estimate of drug-likeness (QED) is 0.854. The summed E-state index contributed by atoms with van der Waals surface area (Å²) in [6, 6.07) is 0.246. The highest BCUT2D eigenvalue weighted by molar-refractivity contribution is 7.09. The maximum atomic E-state index is 6.20. The van der Waals surface area contributed by atoms with Crippen molar-refractivity contribution in [2.75, 3.05) is 13.2 Å². The molecule has 0 radical (unpaired) electrons. The van der Waals surface area contributed by atoms with Crippen LogP contribution in [0.5, 0.6) is 0 Å². The lowest BCUT2D eigenvalue weighted by Crippen LogP contribution is -2.36. The average molecular weight is 226 g/mol. The van der Waals surface area contributed by atoms with E-state index in [9.17, 15) is 0 Å². The first kappa shape index (κ1) is 11.0. The summed E-state index contributed by atoms with van der Waals surface area (Å²) in [4.78, 5) is 4.45. The van der Waals surface area contributed by atoms with Gasteiger partial charge < -0.3 is 10.5 Å². The second-order valence-electron chi connectivity index (χ2n) is 4.18. The van der Waals surface area contributed by atoms with Crippen molar-refractivity contribution in [3.05, 3.63) is 16.1 Å². The number of nitrogens with zero attached hydrogens (tertiary/aromatic N) is 1. The van der Waals surface area contributed by atoms with Gasteiger partial charge in [0.25, 0.3) is 0 Å². The molecular formula is C11H18N2OS. The predicted molar refractivity (Wildman–Crippen MR) is 62.1 cm³/mol. The smallest absolute Gasteiger partial charge is 0.0897 e. The molecule has 1 aliphatic rings. The number of thiazole rings is 1. The molecule has 0 aliphatic carbocycles. The summed E-state index contributed by atoms with van der Waals surface area (Å²) < 4.78 is 5.34. The number of ether oxygens (including phenoxy) is 1. The molecule has 3 nitrogen and oxygen atoms in total. The van der Waals surface area contributed by atoms with Crippen LogP contribution in [0.3, 0.4) is 0 Å². The third-order valence-electron chi connectivity index (χ3n) is 2.98. The van der Waals surface area contributed by atoms with Gasteiger partial charge in [-0.3, -0.25) is 0 Å². The van der Waals surface area contributed by atoms with Crippen molar-refractivity contribution in [1.29, 1.82) is 0 Å². The van der Waals surface area contributed by atoms with Crippen LogP contribution in [-0.4, -0.2) is 24.2 Å². The zero-order chi connectivity index (χ0) is 10.7. The number of nitrogens with two attached hydrogens (primary N) is 1. The number of aromatic nitrogens is 1. The fourth-order valence-electron chi connectivity index (χ4n) is 2.05. The van der Waals surface area contributed by atoms with Crippen molar-refractivity contribution in [3.8, 4) is 0 Å². The minimum atomic E-state index is 0.246. The normalized spacial score (nSPS) is 20.4. The fraction of sp³-hybridized carbons (Fsp3) is 0.727. The maximum Gasteiger partial charge on any atom is 0.0897 e. The molecule has 1 aromatic rings. The van der Waals surface area contributed by atoms with Crippen molar-refractivity contribution in [2.24, 2.45) is 11.7 Å². The van der Waals surface area contributed by atoms with Crippen LogP contribution in [0.1, 0.15) is 23.5 Å². The third-order valence-corrected chi connectivity index (χ3v) is 3.81. The van der Waals surface area contributed by atoms with E-state index in [0.29, 0.717) is 5.92 Å². The SMILES string of the molecule is Cc1nc(CC(N)C2CCOCC2)cs1. The van der Waals surface area contributed by atoms with Gasteiger partial charge in [-0.25, -0.2) is 4.98 Å². The number of hydrogen-bond acceptors (Lipinski definition) is 4. The number of rotatable bonds is 3. The largest absolute Gasteiger partial charge is 0.381 e. The van der Waals surface area contributed by atoms with Crippen molar-refractivity contribution < 1.29 is 4.74 Å². The molecule has 1 fully saturated rings. The molecule has 4 heteroatoms. The number of aryl methyl sites for hydroxylation is 1. The van der Waals surface area contributed by atoms with E-state index < -0.39 is 0 Å². The molecule has 15 heavy (non-hydrogen) atoms. The second-order valence-corrected chi connectivity index (χ2v) is 5.24. The highest BCUT2D eigenvalue weighted by atomic mass is 32.1. The van der Waals surface area contributed by atoms with Gasteiger partial charge in [-0.1, -0.05) is 0 Å². The van der Waals surface area contributed by atoms with Crippen LogP contribution in [0.25, 0.3) is 0 Å². The summed E-state index contributed by atoms with van der Waals surface area (Å²) in [5.41, 5.74) is 7.35. The molecule has 0 bridgehead atoms. The first-order valence-electron chi connectivity index (χ1n) is 5.50. The molecule has 0 amide bonds. The molecule has 1 atom stereocenters. The van der Waals surface area contributed by atoms with Gasteiger partial charge >= 0.3 is 0 Å². The summed E-state index contributed by atoms with van der Waals surface area (Å²) in [5, 5.41) is 3.25. The Morgan fingerprint density at radius 1 is 1.60 bits per heavy atom. The highest BCUT2D eigenvalue weighted by Gasteiger charge is 2.21. The van der Waals surface area contributed by atoms with Crippen molar-refractivity contribution >= 4 is 11.3 Å². The summed E-state index contributed by atoms with van der Waals surface area (Å²) in [5.74, 6) is 0.612. The van der Waals surface area contributed by atoms with E-state index in [2.05, 4.69) is 10.4 Å². The second kappa shape index (κ2) is 5.05. The van der Waals surface area contributed by atoms with Crippen LogP contribution in [0, 0.1) is 12.8 Å². The van der Waals surface area contributed by atoms with Gasteiger partial charge in [-0.05, 0) is 25.7 Å². The molecule has 0 saturated carbocycles. The van der Waals surface area contributed by atoms with Crippen LogP contribution in [0.2, 0.25) is 0 Å². The van der Waals surface area contributed by atoms with Gasteiger partial charge in [-0.15, -0.1) is 11.3 Å². The number of hydrogen-bond donors (Lipinski definition) is 1. The lowest BCUT2D eigenvalue weighted by molar-refractivity contribution is 0.0584. The van der Waals surface area contributed by atoms with E-state index in [4.69, 9.17) is 10.5 Å². The molecule has 1 aromatic heterocycles. The Morgan fingerprint density at radius 2 is 2.33 bits per heavy atom. The van der Waals surface area contributed by atoms with Crippen molar-refractivity contribution in [2.45, 2.75) is 32.2 Å². The van der Waals surface area contributed by atoms with E-state index in [-0.39, 0.29) is 6.04 Å². The molecule has 1 unspecified atom stereocenters. The summed E-state index contributed by atoms with van der Waals surface area (Å²) in [7, 11) is 0. The molecule has 2 heterocycles. The standard InChI is InChI=1S/C11H18N2OS/c1-8-13-10(7-15-8)6-11(12)9-2-4-14-5-3-9/h7,9,11H,2-6,12H2,1H3. The monoisotopic (exact) mass is 226 g/mol. The fourth-order valence-corrected chi connectivity index (χ4v) is 2.68. The van der Waals surface area contributed by atoms with E-state index >= 15 is 0 Å². The van der Waals surface area contributed by atoms with Gasteiger partial charge in [-0.2, -0.15) is 0 Å². The Hall–Kier alpha value is -0.450. The zero-order valence-electron chi connectivity index (χ0n) is 9.11. The predicted octanol–water partition coefficient (Wildman–Crippen LogP) is 1.75. The van der Waals surface area contributed by atoms with Crippen molar-refractivity contribution in [1.82, 2.24) is 4.98 Å². The van der Waals surface area contributed by atoms with Gasteiger partial charge in [0.1, 0.15) is 0 Å². The summed E-state index contributed by atoms with van der Waals surface area (Å²) in [6.07, 6.45) is 3.11. The average Bonchev–Trinajstić information content (AvgIpc) is 2.65. The summed E-state index contributed by atoms with van der Waals surface area (Å²) in [6.45, 7) is 3.77. The van der Waals surface area contributed by atoms with Gasteiger partial charge in [0.05, 0.1) is 10.7 Å². The first-order chi connectivity index (χ1) is 7.25. The Balaban J connectivity index is 1.88. The van der Waals surface area contributed by atoms with Gasteiger partial charge in [0.2, 0.25) is 0 Å².